The average molecular weight is 285 g/mol. The van der Waals surface area contributed by atoms with E-state index in [-0.39, 0.29) is 11.5 Å². The molecule has 0 radical (unpaired) electrons. The number of epoxide rings is 1. The van der Waals surface area contributed by atoms with Crippen LogP contribution in [0.5, 0.6) is 0 Å². The average Bonchev–Trinajstić information content (AvgIpc) is 3.31. The molecule has 0 saturated carbocycles. The maximum absolute atomic E-state index is 7.01. The number of halogens is 1. The molecule has 1 saturated heterocycles. The molecule has 2 aromatic rings. The summed E-state index contributed by atoms with van der Waals surface area (Å²) in [5.74, 6) is 0. The van der Waals surface area contributed by atoms with Gasteiger partial charge in [0.15, 0.2) is 0 Å². The van der Waals surface area contributed by atoms with Crippen LogP contribution in [-0.4, -0.2) is 12.7 Å². The molecule has 0 amide bonds. The van der Waals surface area contributed by atoms with E-state index < -0.39 is 4.87 Å². The second-order valence-corrected chi connectivity index (χ2v) is 6.91. The van der Waals surface area contributed by atoms with Gasteiger partial charge in [0.25, 0.3) is 0 Å². The maximum atomic E-state index is 7.01. The van der Waals surface area contributed by atoms with Gasteiger partial charge < -0.3 is 4.74 Å². The molecule has 20 heavy (non-hydrogen) atoms. The van der Waals surface area contributed by atoms with Crippen molar-refractivity contribution in [3.63, 3.8) is 0 Å². The lowest BCUT2D eigenvalue weighted by molar-refractivity contribution is 0.372. The molecule has 0 N–H and O–H groups in total. The molecule has 2 heteroatoms. The highest BCUT2D eigenvalue weighted by atomic mass is 35.5. The lowest BCUT2D eigenvalue weighted by Crippen LogP contribution is -2.29. The van der Waals surface area contributed by atoms with Crippen molar-refractivity contribution >= 4 is 11.6 Å². The predicted octanol–water partition coefficient (Wildman–Crippen LogP) is 4.21. The molecule has 1 unspecified atom stereocenters. The largest absolute Gasteiger partial charge is 0.370 e. The first-order chi connectivity index (χ1) is 9.53. The fraction of sp³-hybridized carbons (Fsp3) is 0.333. The Morgan fingerprint density at radius 2 is 1.20 bits per heavy atom. The summed E-state index contributed by atoms with van der Waals surface area (Å²) < 4.78 is 5.54. The van der Waals surface area contributed by atoms with Gasteiger partial charge in [-0.25, -0.2) is 0 Å². The fourth-order valence-corrected chi connectivity index (χ4v) is 3.62. The van der Waals surface area contributed by atoms with Crippen molar-refractivity contribution in [2.45, 2.75) is 30.2 Å². The van der Waals surface area contributed by atoms with Gasteiger partial charge in [-0.3, -0.25) is 0 Å². The van der Waals surface area contributed by atoms with E-state index in [1.54, 1.807) is 0 Å². The zero-order valence-corrected chi connectivity index (χ0v) is 12.4. The monoisotopic (exact) mass is 284 g/mol. The predicted molar refractivity (Wildman–Crippen MR) is 81.4 cm³/mol. The standard InChI is InChI=1S/C18H17ClO/c1-17(2)12-3-7-14(8-4-12)18(19,16-11-20-16)15-9-5-13(17)6-10-15/h3-10,16H,11H2,1-2H3. The molecule has 102 valence electrons. The number of hydrogen-bond acceptors (Lipinski definition) is 1. The van der Waals surface area contributed by atoms with Crippen LogP contribution in [0.2, 0.25) is 0 Å². The molecule has 1 aliphatic heterocycles. The quantitative estimate of drug-likeness (QED) is 0.565. The molecule has 1 fully saturated rings. The molecule has 1 atom stereocenters. The number of benzene rings is 2. The van der Waals surface area contributed by atoms with Gasteiger partial charge in [0.2, 0.25) is 0 Å². The molecule has 4 aliphatic carbocycles. The highest BCUT2D eigenvalue weighted by molar-refractivity contribution is 6.26. The van der Waals surface area contributed by atoms with E-state index in [4.69, 9.17) is 16.3 Å². The molecule has 1 nitrogen and oxygen atoms in total. The zero-order valence-electron chi connectivity index (χ0n) is 11.7. The lowest BCUT2D eigenvalue weighted by atomic mass is 9.74. The Hall–Kier alpha value is -1.31. The molecule has 5 aliphatic rings. The van der Waals surface area contributed by atoms with Crippen molar-refractivity contribution in [3.05, 3.63) is 70.8 Å². The zero-order chi connectivity index (χ0) is 14.0. The summed E-state index contributed by atoms with van der Waals surface area (Å²) in [5, 5.41) is 0. The van der Waals surface area contributed by atoms with Gasteiger partial charge in [-0.05, 0) is 22.3 Å². The minimum absolute atomic E-state index is 0.0133. The summed E-state index contributed by atoms with van der Waals surface area (Å²) in [6.45, 7) is 5.26. The first kappa shape index (κ1) is 12.4. The van der Waals surface area contributed by atoms with Crippen molar-refractivity contribution in [2.75, 3.05) is 6.61 Å². The van der Waals surface area contributed by atoms with E-state index in [2.05, 4.69) is 62.4 Å². The molecule has 7 rings (SSSR count). The summed E-state index contributed by atoms with van der Waals surface area (Å²) in [5.41, 5.74) is 4.88. The van der Waals surface area contributed by atoms with E-state index >= 15 is 0 Å². The molecular weight excluding hydrogens is 268 g/mol. The van der Waals surface area contributed by atoms with Crippen LogP contribution in [0.4, 0.5) is 0 Å². The van der Waals surface area contributed by atoms with Crippen LogP contribution in [-0.2, 0) is 15.0 Å². The van der Waals surface area contributed by atoms with Crippen molar-refractivity contribution in [2.24, 2.45) is 0 Å². The van der Waals surface area contributed by atoms with Crippen LogP contribution in [0.1, 0.15) is 36.1 Å². The number of hydrogen-bond donors (Lipinski definition) is 0. The number of alkyl halides is 1. The van der Waals surface area contributed by atoms with E-state index in [0.717, 1.165) is 17.7 Å². The van der Waals surface area contributed by atoms with Crippen molar-refractivity contribution < 1.29 is 4.74 Å². The van der Waals surface area contributed by atoms with Crippen LogP contribution in [0, 0.1) is 0 Å². The fourth-order valence-electron chi connectivity index (χ4n) is 3.24. The Labute approximate surface area is 124 Å². The van der Waals surface area contributed by atoms with Gasteiger partial charge in [0.05, 0.1) is 6.61 Å². The lowest BCUT2D eigenvalue weighted by Gasteiger charge is -2.32. The topological polar surface area (TPSA) is 12.5 Å². The summed E-state index contributed by atoms with van der Waals surface area (Å²) in [7, 11) is 0. The first-order valence-corrected chi connectivity index (χ1v) is 7.43. The third kappa shape index (κ3) is 1.54. The Bertz CT molecular complexity index is 601. The summed E-state index contributed by atoms with van der Waals surface area (Å²) >= 11 is 7.01. The molecule has 0 aromatic heterocycles. The van der Waals surface area contributed by atoms with Crippen LogP contribution in [0.3, 0.4) is 0 Å². The van der Waals surface area contributed by atoms with E-state index in [0.29, 0.717) is 0 Å². The summed E-state index contributed by atoms with van der Waals surface area (Å²) in [4.78, 5) is -0.557. The number of ether oxygens (including phenoxy) is 1. The first-order valence-electron chi connectivity index (χ1n) is 7.05. The van der Waals surface area contributed by atoms with Crippen LogP contribution in [0.25, 0.3) is 0 Å². The Balaban J connectivity index is 2.03. The molecule has 2 aromatic carbocycles. The molecule has 0 spiro atoms. The van der Waals surface area contributed by atoms with Gasteiger partial charge in [0, 0.05) is 5.41 Å². The SMILES string of the molecule is CC1(C)c2ccc(cc2)C(Cl)(C2CO2)c2ccc1cc2. The van der Waals surface area contributed by atoms with E-state index in [1.807, 2.05) is 0 Å². The summed E-state index contributed by atoms with van der Waals surface area (Å²) in [6.07, 6.45) is 0.0771. The van der Waals surface area contributed by atoms with Gasteiger partial charge >= 0.3 is 0 Å². The third-order valence-corrected chi connectivity index (χ3v) is 5.51. The van der Waals surface area contributed by atoms with Gasteiger partial charge in [0.1, 0.15) is 11.0 Å². The molecule has 1 heterocycles. The minimum atomic E-state index is -0.557. The Morgan fingerprint density at radius 3 is 1.55 bits per heavy atom. The van der Waals surface area contributed by atoms with Crippen molar-refractivity contribution in [3.8, 4) is 0 Å². The van der Waals surface area contributed by atoms with E-state index in [9.17, 15) is 0 Å². The van der Waals surface area contributed by atoms with Gasteiger partial charge in [-0.1, -0.05) is 62.4 Å². The van der Waals surface area contributed by atoms with Crippen molar-refractivity contribution in [1.82, 2.24) is 0 Å². The van der Waals surface area contributed by atoms with Crippen LogP contribution < -0.4 is 0 Å². The Morgan fingerprint density at radius 1 is 0.850 bits per heavy atom. The van der Waals surface area contributed by atoms with Crippen molar-refractivity contribution in [1.29, 1.82) is 0 Å². The smallest absolute Gasteiger partial charge is 0.123 e. The second-order valence-electron chi connectivity index (χ2n) is 6.31. The van der Waals surface area contributed by atoms with Crippen LogP contribution >= 0.6 is 11.6 Å². The highest BCUT2D eigenvalue weighted by Gasteiger charge is 2.48. The minimum Gasteiger partial charge on any atom is -0.370 e. The summed E-state index contributed by atoms with van der Waals surface area (Å²) in [6, 6.07) is 17.4. The third-order valence-electron chi connectivity index (χ3n) is 4.83. The van der Waals surface area contributed by atoms with Gasteiger partial charge in [-0.2, -0.15) is 0 Å². The van der Waals surface area contributed by atoms with Crippen LogP contribution in [0.15, 0.2) is 48.5 Å². The maximum Gasteiger partial charge on any atom is 0.123 e. The second kappa shape index (κ2) is 3.87. The molecular formula is C18H17ClO. The number of rotatable bonds is 1. The highest BCUT2D eigenvalue weighted by Crippen LogP contribution is 2.47. The van der Waals surface area contributed by atoms with Gasteiger partial charge in [-0.15, -0.1) is 11.6 Å². The molecule has 4 bridgehead atoms. The normalized spacial score (nSPS) is 24.6. The van der Waals surface area contributed by atoms with E-state index in [1.165, 1.54) is 11.1 Å². The Kier molecular flexibility index (Phi) is 2.40.